The van der Waals surface area contributed by atoms with E-state index in [1.54, 1.807) is 18.2 Å². The van der Waals surface area contributed by atoms with Gasteiger partial charge in [-0.1, -0.05) is 29.3 Å². The van der Waals surface area contributed by atoms with E-state index in [2.05, 4.69) is 0 Å². The van der Waals surface area contributed by atoms with Gasteiger partial charge in [-0.2, -0.15) is 0 Å². The van der Waals surface area contributed by atoms with E-state index >= 15 is 0 Å². The van der Waals surface area contributed by atoms with Crippen molar-refractivity contribution in [3.05, 3.63) is 33.8 Å². The molecule has 0 aromatic heterocycles. The maximum Gasteiger partial charge on any atom is 0.169 e. The van der Waals surface area contributed by atoms with Gasteiger partial charge in [-0.3, -0.25) is 4.79 Å². The molecule has 1 saturated heterocycles. The zero-order valence-electron chi connectivity index (χ0n) is 8.71. The Kier molecular flexibility index (Phi) is 3.85. The summed E-state index contributed by atoms with van der Waals surface area (Å²) in [7, 11) is 0. The molecule has 1 aliphatic rings. The van der Waals surface area contributed by atoms with Gasteiger partial charge < -0.3 is 4.74 Å². The molecule has 0 aliphatic carbocycles. The van der Waals surface area contributed by atoms with Crippen LogP contribution in [0.3, 0.4) is 0 Å². The average Bonchev–Trinajstić information content (AvgIpc) is 2.33. The highest BCUT2D eigenvalue weighted by Gasteiger charge is 2.25. The van der Waals surface area contributed by atoms with Gasteiger partial charge in [0.15, 0.2) is 5.78 Å². The molecule has 1 aromatic carbocycles. The largest absolute Gasteiger partial charge is 0.381 e. The Bertz CT molecular complexity index is 398. The molecule has 2 nitrogen and oxygen atoms in total. The summed E-state index contributed by atoms with van der Waals surface area (Å²) in [5.74, 6) is -0.0445. The Hall–Kier alpha value is -0.570. The lowest BCUT2D eigenvalue weighted by Crippen LogP contribution is -2.25. The van der Waals surface area contributed by atoms with Crippen LogP contribution in [0.4, 0.5) is 0 Å². The monoisotopic (exact) mass is 258 g/mol. The van der Waals surface area contributed by atoms with Crippen molar-refractivity contribution in [2.75, 3.05) is 13.2 Å². The van der Waals surface area contributed by atoms with Gasteiger partial charge in [0, 0.05) is 18.1 Å². The Morgan fingerprint density at radius 1 is 1.38 bits per heavy atom. The molecule has 0 amide bonds. The van der Waals surface area contributed by atoms with E-state index in [-0.39, 0.29) is 11.7 Å². The summed E-state index contributed by atoms with van der Waals surface area (Å²) in [6.07, 6.45) is 1.79. The first-order valence-corrected chi connectivity index (χ1v) is 6.01. The Morgan fingerprint density at radius 2 is 2.19 bits per heavy atom. The number of ketones is 1. The molecule has 1 aromatic rings. The number of ether oxygens (including phenoxy) is 1. The van der Waals surface area contributed by atoms with Gasteiger partial charge >= 0.3 is 0 Å². The first-order chi connectivity index (χ1) is 7.70. The molecule has 1 aliphatic heterocycles. The zero-order chi connectivity index (χ0) is 11.5. The van der Waals surface area contributed by atoms with E-state index < -0.39 is 0 Å². The first kappa shape index (κ1) is 11.9. The van der Waals surface area contributed by atoms with Crippen LogP contribution in [0.2, 0.25) is 10.0 Å². The lowest BCUT2D eigenvalue weighted by Gasteiger charge is -2.21. The average molecular weight is 259 g/mol. The molecule has 0 saturated carbocycles. The van der Waals surface area contributed by atoms with Crippen LogP contribution in [0.15, 0.2) is 18.2 Å². The zero-order valence-corrected chi connectivity index (χ0v) is 10.2. The van der Waals surface area contributed by atoms with Crippen LogP contribution in [-0.4, -0.2) is 19.0 Å². The summed E-state index contributed by atoms with van der Waals surface area (Å²) in [5.41, 5.74) is 0.504. The summed E-state index contributed by atoms with van der Waals surface area (Å²) in [4.78, 5) is 12.1. The molecule has 86 valence electrons. The second kappa shape index (κ2) is 5.17. The summed E-state index contributed by atoms with van der Waals surface area (Å²) in [6, 6.07) is 5.13. The minimum absolute atomic E-state index is 0.0344. The maximum absolute atomic E-state index is 12.1. The summed E-state index contributed by atoms with van der Waals surface area (Å²) in [5, 5.41) is 0.768. The van der Waals surface area contributed by atoms with Crippen LogP contribution < -0.4 is 0 Å². The number of benzene rings is 1. The van der Waals surface area contributed by atoms with Gasteiger partial charge in [0.25, 0.3) is 0 Å². The number of halogens is 2. The lowest BCUT2D eigenvalue weighted by atomic mass is 9.93. The third kappa shape index (κ3) is 2.40. The molecule has 0 spiro atoms. The van der Waals surface area contributed by atoms with Crippen molar-refractivity contribution in [3.63, 3.8) is 0 Å². The third-order valence-electron chi connectivity index (χ3n) is 2.75. The second-order valence-electron chi connectivity index (χ2n) is 3.88. The van der Waals surface area contributed by atoms with Crippen LogP contribution in [0.5, 0.6) is 0 Å². The molecular weight excluding hydrogens is 247 g/mol. The van der Waals surface area contributed by atoms with Gasteiger partial charge in [0.1, 0.15) is 0 Å². The number of rotatable bonds is 2. The molecule has 1 fully saturated rings. The van der Waals surface area contributed by atoms with E-state index in [1.165, 1.54) is 0 Å². The van der Waals surface area contributed by atoms with E-state index in [0.717, 1.165) is 19.4 Å². The third-order valence-corrected chi connectivity index (χ3v) is 3.57. The number of carbonyl (C=O) groups is 1. The fraction of sp³-hybridized carbons (Fsp3) is 0.417. The number of hydrogen-bond donors (Lipinski definition) is 0. The van der Waals surface area contributed by atoms with Crippen molar-refractivity contribution >= 4 is 29.0 Å². The van der Waals surface area contributed by atoms with Crippen LogP contribution in [0.1, 0.15) is 23.2 Å². The van der Waals surface area contributed by atoms with Crippen molar-refractivity contribution in [1.82, 2.24) is 0 Å². The lowest BCUT2D eigenvalue weighted by molar-refractivity contribution is 0.0461. The Morgan fingerprint density at radius 3 is 2.88 bits per heavy atom. The molecule has 16 heavy (non-hydrogen) atoms. The quantitative estimate of drug-likeness (QED) is 0.758. The molecular formula is C12H12Cl2O2. The molecule has 1 unspecified atom stereocenters. The number of Topliss-reactive ketones (excluding diaryl/α,β-unsaturated/α-hetero) is 1. The summed E-state index contributed by atoms with van der Waals surface area (Å²) < 4.78 is 5.30. The minimum Gasteiger partial charge on any atom is -0.381 e. The van der Waals surface area contributed by atoms with Gasteiger partial charge in [0.05, 0.1) is 16.7 Å². The highest BCUT2D eigenvalue weighted by atomic mass is 35.5. The molecule has 0 radical (unpaired) electrons. The van der Waals surface area contributed by atoms with Crippen molar-refractivity contribution in [3.8, 4) is 0 Å². The van der Waals surface area contributed by atoms with Crippen molar-refractivity contribution in [1.29, 1.82) is 0 Å². The highest BCUT2D eigenvalue weighted by Crippen LogP contribution is 2.29. The minimum atomic E-state index is -0.0790. The Balaban J connectivity index is 2.22. The molecule has 1 heterocycles. The van der Waals surface area contributed by atoms with Crippen molar-refractivity contribution in [2.24, 2.45) is 5.92 Å². The van der Waals surface area contributed by atoms with Crippen LogP contribution in [0.25, 0.3) is 0 Å². The van der Waals surface area contributed by atoms with E-state index in [1.807, 2.05) is 0 Å². The fourth-order valence-electron chi connectivity index (χ4n) is 1.86. The van der Waals surface area contributed by atoms with Gasteiger partial charge in [-0.05, 0) is 25.0 Å². The molecule has 4 heteroatoms. The number of hydrogen-bond acceptors (Lipinski definition) is 2. The Labute approximate surface area is 104 Å². The normalized spacial score (nSPS) is 20.8. The fourth-order valence-corrected chi connectivity index (χ4v) is 2.26. The van der Waals surface area contributed by atoms with Crippen LogP contribution >= 0.6 is 23.2 Å². The molecule has 0 bridgehead atoms. The topological polar surface area (TPSA) is 26.3 Å². The van der Waals surface area contributed by atoms with Gasteiger partial charge in [0.2, 0.25) is 0 Å². The van der Waals surface area contributed by atoms with Crippen LogP contribution in [-0.2, 0) is 4.74 Å². The molecule has 1 atom stereocenters. The molecule has 2 rings (SSSR count). The highest BCUT2D eigenvalue weighted by molar-refractivity contribution is 6.43. The summed E-state index contributed by atoms with van der Waals surface area (Å²) in [6.45, 7) is 1.23. The SMILES string of the molecule is O=C(c1cccc(Cl)c1Cl)C1CCCOC1. The molecule has 0 N–H and O–H groups in total. The van der Waals surface area contributed by atoms with Crippen molar-refractivity contribution < 1.29 is 9.53 Å². The number of carbonyl (C=O) groups excluding carboxylic acids is 1. The van der Waals surface area contributed by atoms with Gasteiger partial charge in [-0.25, -0.2) is 0 Å². The predicted molar refractivity (Wildman–Crippen MR) is 64.3 cm³/mol. The maximum atomic E-state index is 12.1. The van der Waals surface area contributed by atoms with E-state index in [4.69, 9.17) is 27.9 Å². The first-order valence-electron chi connectivity index (χ1n) is 5.26. The smallest absolute Gasteiger partial charge is 0.169 e. The summed E-state index contributed by atoms with van der Waals surface area (Å²) >= 11 is 11.9. The van der Waals surface area contributed by atoms with Crippen molar-refractivity contribution in [2.45, 2.75) is 12.8 Å². The van der Waals surface area contributed by atoms with E-state index in [0.29, 0.717) is 22.2 Å². The second-order valence-corrected chi connectivity index (χ2v) is 4.66. The van der Waals surface area contributed by atoms with E-state index in [9.17, 15) is 4.79 Å². The standard InChI is InChI=1S/C12H12Cl2O2/c13-10-5-1-4-9(11(10)14)12(15)8-3-2-6-16-7-8/h1,4-5,8H,2-3,6-7H2. The van der Waals surface area contributed by atoms with Gasteiger partial charge in [-0.15, -0.1) is 0 Å². The van der Waals surface area contributed by atoms with Crippen LogP contribution in [0, 0.1) is 5.92 Å². The predicted octanol–water partition coefficient (Wildman–Crippen LogP) is 3.60.